The zero-order valence-corrected chi connectivity index (χ0v) is 11.3. The van der Waals surface area contributed by atoms with Crippen LogP contribution < -0.4 is 10.1 Å². The van der Waals surface area contributed by atoms with E-state index in [0.29, 0.717) is 5.69 Å². The summed E-state index contributed by atoms with van der Waals surface area (Å²) in [5, 5.41) is 2.64. The Hall–Kier alpha value is -2.43. The number of hydrogen-bond acceptors (Lipinski definition) is 3. The molecule has 0 saturated heterocycles. The molecule has 0 fully saturated rings. The van der Waals surface area contributed by atoms with Crippen LogP contribution in [-0.4, -0.2) is 17.0 Å². The minimum atomic E-state index is -0.682. The fourth-order valence-electron chi connectivity index (χ4n) is 1.62. The molecule has 20 heavy (non-hydrogen) atoms. The smallest absolute Gasteiger partial charge is 0.274 e. The van der Waals surface area contributed by atoms with Gasteiger partial charge in [0.15, 0.2) is 0 Å². The predicted molar refractivity (Wildman–Crippen MR) is 74.4 cm³/mol. The number of amides is 1. The number of halogens is 1. The minimum Gasteiger partial charge on any atom is -0.491 e. The fourth-order valence-corrected chi connectivity index (χ4v) is 1.62. The zero-order chi connectivity index (χ0) is 14.5. The second-order valence-corrected chi connectivity index (χ2v) is 4.49. The van der Waals surface area contributed by atoms with E-state index < -0.39 is 11.9 Å². The van der Waals surface area contributed by atoms with Crippen molar-refractivity contribution in [2.24, 2.45) is 0 Å². The molecule has 0 unspecified atom stereocenters. The van der Waals surface area contributed by atoms with E-state index in [-0.39, 0.29) is 11.8 Å². The van der Waals surface area contributed by atoms with Crippen molar-refractivity contribution in [2.45, 2.75) is 20.0 Å². The molecule has 2 aromatic rings. The third-order valence-electron chi connectivity index (χ3n) is 2.43. The number of carbonyl (C=O) groups excluding carboxylic acids is 1. The summed E-state index contributed by atoms with van der Waals surface area (Å²) in [7, 11) is 0. The number of carbonyl (C=O) groups is 1. The molecule has 1 aromatic heterocycles. The summed E-state index contributed by atoms with van der Waals surface area (Å²) in [6, 6.07) is 11.0. The third-order valence-corrected chi connectivity index (χ3v) is 2.43. The Morgan fingerprint density at radius 3 is 2.50 bits per heavy atom. The van der Waals surface area contributed by atoms with Gasteiger partial charge in [-0.25, -0.2) is 4.98 Å². The number of ether oxygens (including phenoxy) is 1. The first-order valence-corrected chi connectivity index (χ1v) is 6.25. The first-order valence-electron chi connectivity index (χ1n) is 6.25. The summed E-state index contributed by atoms with van der Waals surface area (Å²) in [6.07, 6.45) is 0.0898. The molecule has 1 N–H and O–H groups in total. The van der Waals surface area contributed by atoms with Crippen molar-refractivity contribution in [1.29, 1.82) is 0 Å². The Morgan fingerprint density at radius 1 is 1.20 bits per heavy atom. The van der Waals surface area contributed by atoms with Gasteiger partial charge < -0.3 is 10.1 Å². The molecule has 0 spiro atoms. The van der Waals surface area contributed by atoms with Gasteiger partial charge in [0.25, 0.3) is 5.91 Å². The summed E-state index contributed by atoms with van der Waals surface area (Å²) in [6.45, 7) is 3.87. The van der Waals surface area contributed by atoms with E-state index in [1.54, 1.807) is 24.3 Å². The SMILES string of the molecule is CC(C)Oc1ccc(NC(=O)c2cccc(F)n2)cc1. The van der Waals surface area contributed by atoms with Crippen LogP contribution in [0, 0.1) is 5.95 Å². The maximum Gasteiger partial charge on any atom is 0.274 e. The van der Waals surface area contributed by atoms with Crippen molar-refractivity contribution >= 4 is 11.6 Å². The van der Waals surface area contributed by atoms with E-state index in [1.807, 2.05) is 13.8 Å². The monoisotopic (exact) mass is 274 g/mol. The van der Waals surface area contributed by atoms with Gasteiger partial charge in [-0.3, -0.25) is 4.79 Å². The first kappa shape index (κ1) is 14.0. The number of nitrogens with zero attached hydrogens (tertiary/aromatic N) is 1. The molecule has 0 aliphatic rings. The van der Waals surface area contributed by atoms with Gasteiger partial charge in [-0.15, -0.1) is 0 Å². The normalized spacial score (nSPS) is 10.4. The van der Waals surface area contributed by atoms with Crippen molar-refractivity contribution < 1.29 is 13.9 Å². The van der Waals surface area contributed by atoms with Gasteiger partial charge >= 0.3 is 0 Å². The van der Waals surface area contributed by atoms with Crippen LogP contribution in [0.2, 0.25) is 0 Å². The second kappa shape index (κ2) is 6.14. The number of nitrogens with one attached hydrogen (secondary N) is 1. The van der Waals surface area contributed by atoms with Crippen LogP contribution in [0.15, 0.2) is 42.5 Å². The summed E-state index contributed by atoms with van der Waals surface area (Å²) in [5.74, 6) is -0.415. The predicted octanol–water partition coefficient (Wildman–Crippen LogP) is 3.26. The van der Waals surface area contributed by atoms with E-state index in [0.717, 1.165) is 5.75 Å². The zero-order valence-electron chi connectivity index (χ0n) is 11.3. The lowest BCUT2D eigenvalue weighted by atomic mass is 10.2. The van der Waals surface area contributed by atoms with Gasteiger partial charge in [-0.2, -0.15) is 4.39 Å². The van der Waals surface area contributed by atoms with E-state index in [2.05, 4.69) is 10.3 Å². The third kappa shape index (κ3) is 3.78. The molecule has 2 rings (SSSR count). The molecule has 4 nitrogen and oxygen atoms in total. The highest BCUT2D eigenvalue weighted by Gasteiger charge is 2.08. The van der Waals surface area contributed by atoms with Crippen LogP contribution in [-0.2, 0) is 0 Å². The lowest BCUT2D eigenvalue weighted by Crippen LogP contribution is -2.14. The van der Waals surface area contributed by atoms with Crippen molar-refractivity contribution in [1.82, 2.24) is 4.98 Å². The highest BCUT2D eigenvalue weighted by atomic mass is 19.1. The van der Waals surface area contributed by atoms with Gasteiger partial charge in [0, 0.05) is 5.69 Å². The minimum absolute atomic E-state index is 0.0347. The van der Waals surface area contributed by atoms with Crippen LogP contribution in [0.5, 0.6) is 5.75 Å². The van der Waals surface area contributed by atoms with Crippen LogP contribution >= 0.6 is 0 Å². The van der Waals surface area contributed by atoms with E-state index in [4.69, 9.17) is 4.74 Å². The van der Waals surface area contributed by atoms with Crippen LogP contribution in [0.1, 0.15) is 24.3 Å². The molecule has 104 valence electrons. The molecular formula is C15H15FN2O2. The summed E-state index contributed by atoms with van der Waals surface area (Å²) < 4.78 is 18.4. The Balaban J connectivity index is 2.04. The van der Waals surface area contributed by atoms with E-state index >= 15 is 0 Å². The molecule has 0 bridgehead atoms. The van der Waals surface area contributed by atoms with E-state index in [1.165, 1.54) is 18.2 Å². The largest absolute Gasteiger partial charge is 0.491 e. The average Bonchev–Trinajstić information content (AvgIpc) is 2.40. The van der Waals surface area contributed by atoms with Crippen LogP contribution in [0.3, 0.4) is 0 Å². The molecule has 0 atom stereocenters. The molecule has 1 amide bonds. The molecule has 0 saturated carbocycles. The molecule has 1 heterocycles. The van der Waals surface area contributed by atoms with Crippen molar-refractivity contribution in [3.05, 3.63) is 54.1 Å². The number of hydrogen-bond donors (Lipinski definition) is 1. The van der Waals surface area contributed by atoms with Gasteiger partial charge in [0.05, 0.1) is 6.10 Å². The summed E-state index contributed by atoms with van der Waals surface area (Å²) >= 11 is 0. The second-order valence-electron chi connectivity index (χ2n) is 4.49. The summed E-state index contributed by atoms with van der Waals surface area (Å²) in [4.78, 5) is 15.4. The van der Waals surface area contributed by atoms with Gasteiger partial charge in [-0.05, 0) is 50.2 Å². The summed E-state index contributed by atoms with van der Waals surface area (Å²) in [5.41, 5.74) is 0.629. The van der Waals surface area contributed by atoms with Crippen molar-refractivity contribution in [2.75, 3.05) is 5.32 Å². The Labute approximate surface area is 116 Å². The van der Waals surface area contributed by atoms with Gasteiger partial charge in [0.1, 0.15) is 11.4 Å². The standard InChI is InChI=1S/C15H15FN2O2/c1-10(2)20-12-8-6-11(7-9-12)17-15(19)13-4-3-5-14(16)18-13/h3-10H,1-2H3,(H,17,19). The highest BCUT2D eigenvalue weighted by Crippen LogP contribution is 2.17. The van der Waals surface area contributed by atoms with Crippen molar-refractivity contribution in [3.8, 4) is 5.75 Å². The van der Waals surface area contributed by atoms with E-state index in [9.17, 15) is 9.18 Å². The van der Waals surface area contributed by atoms with Gasteiger partial charge in [-0.1, -0.05) is 6.07 Å². The lowest BCUT2D eigenvalue weighted by Gasteiger charge is -2.10. The number of aromatic nitrogens is 1. The molecule has 1 aromatic carbocycles. The molecule has 0 aliphatic heterocycles. The number of pyridine rings is 1. The fraction of sp³-hybridized carbons (Fsp3) is 0.200. The molecule has 0 radical (unpaired) electrons. The number of benzene rings is 1. The van der Waals surface area contributed by atoms with Gasteiger partial charge in [0.2, 0.25) is 5.95 Å². The maximum atomic E-state index is 12.9. The Kier molecular flexibility index (Phi) is 4.30. The Bertz CT molecular complexity index is 597. The Morgan fingerprint density at radius 2 is 1.90 bits per heavy atom. The maximum absolute atomic E-state index is 12.9. The van der Waals surface area contributed by atoms with Crippen LogP contribution in [0.4, 0.5) is 10.1 Å². The molecule has 5 heteroatoms. The van der Waals surface area contributed by atoms with Crippen LogP contribution in [0.25, 0.3) is 0 Å². The molecular weight excluding hydrogens is 259 g/mol. The number of anilines is 1. The highest BCUT2D eigenvalue weighted by molar-refractivity contribution is 6.02. The quantitative estimate of drug-likeness (QED) is 0.871. The topological polar surface area (TPSA) is 51.2 Å². The first-order chi connectivity index (χ1) is 9.54. The van der Waals surface area contributed by atoms with Crippen molar-refractivity contribution in [3.63, 3.8) is 0 Å². The average molecular weight is 274 g/mol. The molecule has 0 aliphatic carbocycles. The number of rotatable bonds is 4. The lowest BCUT2D eigenvalue weighted by molar-refractivity contribution is 0.102.